The van der Waals surface area contributed by atoms with Gasteiger partial charge >= 0.3 is 5.97 Å². The molecule has 4 aliphatic carbocycles. The number of hydrogen-bond donors (Lipinski definition) is 17. The molecule has 0 aromatic rings. The van der Waals surface area contributed by atoms with E-state index in [-0.39, 0.29) is 18.3 Å². The Labute approximate surface area is 579 Å². The maximum Gasteiger partial charge on any atom is 0.319 e. The number of allylic oxidation sites excluding steroid dienone is 1. The Morgan fingerprint density at radius 3 is 1.49 bits per heavy atom. The zero-order chi connectivity index (χ0) is 73.0. The van der Waals surface area contributed by atoms with Crippen LogP contribution in [0.15, 0.2) is 11.6 Å². The van der Waals surface area contributed by atoms with Crippen LogP contribution in [0.5, 0.6) is 0 Å². The van der Waals surface area contributed by atoms with E-state index in [9.17, 15) is 91.6 Å². The fraction of sp³-hybridized carbons (Fsp3) is 0.955. The molecule has 11 aliphatic rings. The van der Waals surface area contributed by atoms with Crippen molar-refractivity contribution in [3.8, 4) is 0 Å². The van der Waals surface area contributed by atoms with Crippen molar-refractivity contribution in [2.24, 2.45) is 39.4 Å². The van der Waals surface area contributed by atoms with Gasteiger partial charge in [0, 0.05) is 14.2 Å². The van der Waals surface area contributed by atoms with Crippen LogP contribution in [-0.2, 0) is 75.8 Å². The van der Waals surface area contributed by atoms with Crippen molar-refractivity contribution in [3.63, 3.8) is 0 Å². The van der Waals surface area contributed by atoms with Crippen LogP contribution in [0, 0.1) is 39.4 Å². The SMILES string of the molecule is COC1C(O)[C@@H](OC2C(O)[C@H](O[C@@H]3CO[C@@H](O[C@H]4CC[C@]5(C)C6=CC(O)C78C(=O)OC(C)(CCCC(C)C)C7(O)CCC8(C)C6CCC5C4(C)C)C(O[C@H]4OC(C)[C@@H](O[C@@H]5OC(CO)[C@@H](O)C(O[C@@H]6OC(CO)[C@@H](O)C(OC)C6O)C5O)C(O)C4O)C3O)OC(CO)[C@H]2O)OC(CO)[C@H]1O. The van der Waals surface area contributed by atoms with Gasteiger partial charge in [-0.15, -0.1) is 0 Å². The highest BCUT2D eigenvalue weighted by Crippen LogP contribution is 2.77. The minimum atomic E-state index is -2.10. The van der Waals surface area contributed by atoms with Crippen molar-refractivity contribution in [2.45, 2.75) is 315 Å². The Kier molecular flexibility index (Phi) is 23.9. The molecule has 0 bridgehead atoms. The molecular formula is C67H110O33. The average molecular weight is 1440 g/mol. The fourth-order valence-corrected chi connectivity index (χ4v) is 19.4. The molecule has 33 heteroatoms. The Bertz CT molecular complexity index is 2790. The maximum absolute atomic E-state index is 14.7. The van der Waals surface area contributed by atoms with Gasteiger partial charge in [-0.1, -0.05) is 59.6 Å². The number of aliphatic hydroxyl groups is 17. The molecule has 1 spiro atoms. The number of carbonyl (C=O) groups excluding carboxylic acids is 1. The lowest BCUT2D eigenvalue weighted by molar-refractivity contribution is -0.397. The average Bonchev–Trinajstić information content (AvgIpc) is 1.45. The van der Waals surface area contributed by atoms with Gasteiger partial charge < -0.3 is 158 Å². The molecule has 24 unspecified atom stereocenters. The van der Waals surface area contributed by atoms with E-state index in [1.165, 1.54) is 21.1 Å². The lowest BCUT2D eigenvalue weighted by Gasteiger charge is -2.64. The van der Waals surface area contributed by atoms with Crippen molar-refractivity contribution in [1.29, 1.82) is 0 Å². The van der Waals surface area contributed by atoms with Crippen molar-refractivity contribution < 1.29 is 163 Å². The molecule has 0 aromatic carbocycles. The third-order valence-electron chi connectivity index (χ3n) is 25.1. The number of rotatable bonds is 22. The molecule has 100 heavy (non-hydrogen) atoms. The third kappa shape index (κ3) is 13.0. The Morgan fingerprint density at radius 2 is 0.990 bits per heavy atom. The molecule has 0 amide bonds. The summed E-state index contributed by atoms with van der Waals surface area (Å²) < 4.78 is 90.0. The van der Waals surface area contributed by atoms with E-state index >= 15 is 0 Å². The summed E-state index contributed by atoms with van der Waals surface area (Å²) >= 11 is 0. The van der Waals surface area contributed by atoms with Crippen LogP contribution in [0.2, 0.25) is 0 Å². The lowest BCUT2D eigenvalue weighted by atomic mass is 9.40. The first-order chi connectivity index (χ1) is 47.1. The highest BCUT2D eigenvalue weighted by atomic mass is 16.8. The van der Waals surface area contributed by atoms with Crippen LogP contribution in [-0.4, -0.2) is 342 Å². The summed E-state index contributed by atoms with van der Waals surface area (Å²) in [7, 11) is 2.35. The molecule has 33 nitrogen and oxygen atoms in total. The Morgan fingerprint density at radius 1 is 0.520 bits per heavy atom. The number of methoxy groups -OCH3 is 2. The molecule has 7 saturated heterocycles. The molecule has 11 rings (SSSR count). The first kappa shape index (κ1) is 79.0. The lowest BCUT2D eigenvalue weighted by Crippen LogP contribution is -2.68. The van der Waals surface area contributed by atoms with E-state index in [1.807, 2.05) is 26.8 Å². The number of carbonyl (C=O) groups is 1. The highest BCUT2D eigenvalue weighted by Gasteiger charge is 2.85. The second-order valence-electron chi connectivity index (χ2n) is 31.3. The number of fused-ring (bicyclic) bond motifs is 4. The zero-order valence-corrected chi connectivity index (χ0v) is 58.2. The first-order valence-corrected chi connectivity index (χ1v) is 35.3. The predicted octanol–water partition coefficient (Wildman–Crippen LogP) is -4.92. The number of cyclic esters (lactones) is 1. The molecule has 7 aliphatic heterocycles. The van der Waals surface area contributed by atoms with Gasteiger partial charge in [0.25, 0.3) is 0 Å². The number of esters is 1. The molecule has 17 N–H and O–H groups in total. The summed E-state index contributed by atoms with van der Waals surface area (Å²) in [6.45, 7) is 11.9. The van der Waals surface area contributed by atoms with Crippen LogP contribution in [0.1, 0.15) is 113 Å². The summed E-state index contributed by atoms with van der Waals surface area (Å²) in [6.07, 6.45) is -45.0. The fourth-order valence-electron chi connectivity index (χ4n) is 19.4. The van der Waals surface area contributed by atoms with Crippen molar-refractivity contribution in [1.82, 2.24) is 0 Å². The standard InChI is InChI=1S/C67H110O33/c1-26(2)12-11-16-65(8)66(85)19-18-64(7)28-13-14-35-62(4,5)37(15-17-63(35,6)29(28)20-36(72)67(64,66)61(84)100-65)95-60-54(42(77)34(25-88-60)94-56-47(82)52(40(75)32(23-70)90-56)97-57-45(80)50(86-9)38(73)30(21-68)91-57)99-55-44(79)43(78)49(27(3)89-55)96-59-48(83)53(41(76)33(24-71)93-59)98-58-46(81)51(87-10)39(74)31(22-69)92-58/h20,26-28,30-60,68-83,85H,11-19,21-25H2,1-10H3/t27?,28?,30?,31?,32?,33?,34-,35?,36?,37+,38-,39-,40-,41-,42?,43?,44?,45?,46?,47?,48?,49-,50?,51?,52?,53?,54?,55-,56+,57-,58+,59+,60+,63-,64?,65?,66?,67?/m1/s1. The third-order valence-corrected chi connectivity index (χ3v) is 25.1. The van der Waals surface area contributed by atoms with Crippen LogP contribution >= 0.6 is 0 Å². The molecule has 38 atom stereocenters. The molecule has 0 aromatic heterocycles. The highest BCUT2D eigenvalue weighted by molar-refractivity contribution is 5.86. The number of aliphatic hydroxyl groups excluding tert-OH is 16. The molecule has 3 saturated carbocycles. The molecular weight excluding hydrogens is 1330 g/mol. The first-order valence-electron chi connectivity index (χ1n) is 35.3. The van der Waals surface area contributed by atoms with E-state index in [2.05, 4.69) is 20.8 Å². The molecule has 576 valence electrons. The summed E-state index contributed by atoms with van der Waals surface area (Å²) in [5.41, 5.74) is -5.73. The van der Waals surface area contributed by atoms with Crippen LogP contribution < -0.4 is 0 Å². The van der Waals surface area contributed by atoms with Gasteiger partial charge in [-0.3, -0.25) is 4.79 Å². The van der Waals surface area contributed by atoms with Crippen LogP contribution in [0.3, 0.4) is 0 Å². The summed E-state index contributed by atoms with van der Waals surface area (Å²) in [5.74, 6) is -0.568. The van der Waals surface area contributed by atoms with Crippen LogP contribution in [0.4, 0.5) is 0 Å². The second kappa shape index (κ2) is 30.2. The summed E-state index contributed by atoms with van der Waals surface area (Å²) in [6, 6.07) is 0. The molecule has 7 heterocycles. The largest absolute Gasteiger partial charge is 0.456 e. The van der Waals surface area contributed by atoms with Gasteiger partial charge in [-0.25, -0.2) is 0 Å². The van der Waals surface area contributed by atoms with E-state index in [0.29, 0.717) is 44.4 Å². The van der Waals surface area contributed by atoms with E-state index in [4.69, 9.17) is 71.1 Å². The monoisotopic (exact) mass is 1440 g/mol. The summed E-state index contributed by atoms with van der Waals surface area (Å²) in [5, 5.41) is 193. The van der Waals surface area contributed by atoms with Gasteiger partial charge in [0.1, 0.15) is 151 Å². The smallest absolute Gasteiger partial charge is 0.319 e. The topological polar surface area (TPSA) is 499 Å². The van der Waals surface area contributed by atoms with Gasteiger partial charge in [-0.2, -0.15) is 0 Å². The van der Waals surface area contributed by atoms with E-state index in [0.717, 1.165) is 18.4 Å². The molecule has 0 radical (unpaired) electrons. The molecule has 10 fully saturated rings. The number of ether oxygens (including phenoxy) is 15. The Balaban J connectivity index is 0.843. The minimum absolute atomic E-state index is 0.161. The van der Waals surface area contributed by atoms with Crippen molar-refractivity contribution in [2.75, 3.05) is 47.3 Å². The van der Waals surface area contributed by atoms with Crippen molar-refractivity contribution in [3.05, 3.63) is 11.6 Å². The van der Waals surface area contributed by atoms with Gasteiger partial charge in [0.05, 0.1) is 51.3 Å². The van der Waals surface area contributed by atoms with Gasteiger partial charge in [0.15, 0.2) is 37.7 Å². The van der Waals surface area contributed by atoms with E-state index in [1.54, 1.807) is 6.92 Å². The Hall–Kier alpha value is -2.03. The second-order valence-corrected chi connectivity index (χ2v) is 31.3. The van der Waals surface area contributed by atoms with Gasteiger partial charge in [-0.05, 0) is 99.2 Å². The van der Waals surface area contributed by atoms with Gasteiger partial charge in [0.2, 0.25) is 0 Å². The number of hydrogen-bond acceptors (Lipinski definition) is 33. The maximum atomic E-state index is 14.7. The minimum Gasteiger partial charge on any atom is -0.456 e. The van der Waals surface area contributed by atoms with Crippen LogP contribution in [0.25, 0.3) is 0 Å². The quantitative estimate of drug-likeness (QED) is 0.0274. The predicted molar refractivity (Wildman–Crippen MR) is 333 cm³/mol. The van der Waals surface area contributed by atoms with Crippen molar-refractivity contribution >= 4 is 5.97 Å². The normalized spacial score (nSPS) is 53.3. The summed E-state index contributed by atoms with van der Waals surface area (Å²) in [4.78, 5) is 14.7. The zero-order valence-electron chi connectivity index (χ0n) is 58.2. The van der Waals surface area contributed by atoms with E-state index < -0.39 is 262 Å².